The number of ether oxygens (including phenoxy) is 1. The molecule has 0 saturated heterocycles. The second-order valence-electron chi connectivity index (χ2n) is 5.21. The maximum Gasteiger partial charge on any atom is 0.323 e. The lowest BCUT2D eigenvalue weighted by Crippen LogP contribution is -2.41. The Morgan fingerprint density at radius 1 is 1.44 bits per heavy atom. The smallest absolute Gasteiger partial charge is 0.323 e. The van der Waals surface area contributed by atoms with E-state index >= 15 is 0 Å². The first kappa shape index (κ1) is 15.4. The second kappa shape index (κ2) is 8.48. The van der Waals surface area contributed by atoms with E-state index in [4.69, 9.17) is 4.74 Å². The van der Waals surface area contributed by atoms with Crippen molar-refractivity contribution in [1.29, 1.82) is 0 Å². The van der Waals surface area contributed by atoms with E-state index in [1.807, 2.05) is 13.8 Å². The van der Waals surface area contributed by atoms with Gasteiger partial charge in [0.25, 0.3) is 0 Å². The average molecular weight is 256 g/mol. The molecule has 1 atom stereocenters. The fourth-order valence-electron chi connectivity index (χ4n) is 2.35. The van der Waals surface area contributed by atoms with Crippen LogP contribution in [0.5, 0.6) is 0 Å². The quantitative estimate of drug-likeness (QED) is 0.637. The summed E-state index contributed by atoms with van der Waals surface area (Å²) in [5.41, 5.74) is 0. The molecule has 0 aromatic carbocycles. The number of carbonyl (C=O) groups excluding carboxylic acids is 1. The Labute approximate surface area is 111 Å². The van der Waals surface area contributed by atoms with Crippen LogP contribution in [0.2, 0.25) is 0 Å². The van der Waals surface area contributed by atoms with Crippen LogP contribution in [0.15, 0.2) is 0 Å². The van der Waals surface area contributed by atoms with Crippen molar-refractivity contribution in [3.63, 3.8) is 0 Å². The summed E-state index contributed by atoms with van der Waals surface area (Å²) in [6.45, 7) is 7.25. The molecule has 0 aromatic heterocycles. The van der Waals surface area contributed by atoms with E-state index in [0.717, 1.165) is 25.4 Å². The Bertz CT molecular complexity index is 242. The van der Waals surface area contributed by atoms with Gasteiger partial charge in [-0.25, -0.2) is 0 Å². The van der Waals surface area contributed by atoms with Crippen LogP contribution in [0.4, 0.5) is 0 Å². The van der Waals surface area contributed by atoms with Gasteiger partial charge in [0.1, 0.15) is 6.04 Å². The summed E-state index contributed by atoms with van der Waals surface area (Å²) in [6.07, 6.45) is 4.97. The van der Waals surface area contributed by atoms with E-state index in [0.29, 0.717) is 6.61 Å². The molecule has 4 nitrogen and oxygen atoms in total. The van der Waals surface area contributed by atoms with E-state index in [1.165, 1.54) is 25.8 Å². The number of esters is 1. The van der Waals surface area contributed by atoms with Crippen LogP contribution < -0.4 is 5.32 Å². The predicted molar refractivity (Wildman–Crippen MR) is 73.6 cm³/mol. The minimum absolute atomic E-state index is 0.114. The highest BCUT2D eigenvalue weighted by Gasteiger charge is 2.21. The zero-order valence-electron chi connectivity index (χ0n) is 12.1. The molecular formula is C14H28N2O2. The molecule has 1 fully saturated rings. The minimum Gasteiger partial charge on any atom is -0.465 e. The molecule has 1 unspecified atom stereocenters. The van der Waals surface area contributed by atoms with Crippen molar-refractivity contribution in [2.75, 3.05) is 33.3 Å². The fourth-order valence-corrected chi connectivity index (χ4v) is 2.35. The third-order valence-corrected chi connectivity index (χ3v) is 3.62. The van der Waals surface area contributed by atoms with Crippen molar-refractivity contribution < 1.29 is 9.53 Å². The molecule has 4 heteroatoms. The van der Waals surface area contributed by atoms with Gasteiger partial charge in [-0.05, 0) is 52.2 Å². The second-order valence-corrected chi connectivity index (χ2v) is 5.21. The average Bonchev–Trinajstić information content (AvgIpc) is 2.29. The normalized spacial score (nSPS) is 17.6. The molecule has 106 valence electrons. The zero-order chi connectivity index (χ0) is 13.4. The number of likely N-dealkylation sites (N-methyl/N-ethyl adjacent to an activating group) is 1. The summed E-state index contributed by atoms with van der Waals surface area (Å²) in [7, 11) is 2.15. The van der Waals surface area contributed by atoms with Gasteiger partial charge in [-0.1, -0.05) is 13.3 Å². The van der Waals surface area contributed by atoms with E-state index in [9.17, 15) is 4.79 Å². The largest absolute Gasteiger partial charge is 0.465 e. The lowest BCUT2D eigenvalue weighted by Gasteiger charge is -2.30. The van der Waals surface area contributed by atoms with Gasteiger partial charge in [-0.3, -0.25) is 4.79 Å². The Morgan fingerprint density at radius 3 is 2.67 bits per heavy atom. The summed E-state index contributed by atoms with van der Waals surface area (Å²) in [5.74, 6) is 0.770. The number of hydrogen-bond donors (Lipinski definition) is 1. The number of carbonyl (C=O) groups is 1. The molecule has 0 amide bonds. The van der Waals surface area contributed by atoms with E-state index in [1.54, 1.807) is 0 Å². The molecule has 1 aliphatic carbocycles. The Hall–Kier alpha value is -0.610. The topological polar surface area (TPSA) is 41.6 Å². The number of hydrogen-bond acceptors (Lipinski definition) is 4. The van der Waals surface area contributed by atoms with Gasteiger partial charge in [0.2, 0.25) is 0 Å². The van der Waals surface area contributed by atoms with Crippen molar-refractivity contribution in [3.05, 3.63) is 0 Å². The first-order valence-corrected chi connectivity index (χ1v) is 7.25. The standard InChI is InChI=1S/C14H28N2O2/c1-4-15-13(14(17)18-5-2)9-10-16(3)11-12-7-6-8-12/h12-13,15H,4-11H2,1-3H3. The molecule has 1 saturated carbocycles. The molecule has 0 aliphatic heterocycles. The van der Waals surface area contributed by atoms with E-state index < -0.39 is 0 Å². The molecule has 0 heterocycles. The highest BCUT2D eigenvalue weighted by Crippen LogP contribution is 2.26. The molecule has 0 spiro atoms. The zero-order valence-corrected chi connectivity index (χ0v) is 12.1. The Balaban J connectivity index is 2.24. The van der Waals surface area contributed by atoms with Gasteiger partial charge in [-0.15, -0.1) is 0 Å². The van der Waals surface area contributed by atoms with Gasteiger partial charge in [0, 0.05) is 6.54 Å². The highest BCUT2D eigenvalue weighted by molar-refractivity contribution is 5.75. The van der Waals surface area contributed by atoms with Crippen LogP contribution >= 0.6 is 0 Å². The lowest BCUT2D eigenvalue weighted by atomic mass is 9.85. The molecule has 0 radical (unpaired) electrons. The third-order valence-electron chi connectivity index (χ3n) is 3.62. The minimum atomic E-state index is -0.154. The van der Waals surface area contributed by atoms with E-state index in [2.05, 4.69) is 17.3 Å². The van der Waals surface area contributed by atoms with Crippen LogP contribution in [0.1, 0.15) is 39.5 Å². The first-order valence-electron chi connectivity index (χ1n) is 7.25. The SMILES string of the molecule is CCNC(CCN(C)CC1CCC1)C(=O)OCC. The van der Waals surface area contributed by atoms with Gasteiger partial charge in [-0.2, -0.15) is 0 Å². The molecule has 0 bridgehead atoms. The number of nitrogens with zero attached hydrogens (tertiary/aromatic N) is 1. The van der Waals surface area contributed by atoms with Crippen molar-refractivity contribution in [1.82, 2.24) is 10.2 Å². The van der Waals surface area contributed by atoms with Crippen LogP contribution in [-0.4, -0.2) is 50.2 Å². The first-order chi connectivity index (χ1) is 8.67. The van der Waals surface area contributed by atoms with Crippen LogP contribution in [-0.2, 0) is 9.53 Å². The Morgan fingerprint density at radius 2 is 2.17 bits per heavy atom. The molecule has 1 N–H and O–H groups in total. The van der Waals surface area contributed by atoms with Gasteiger partial charge in [0.05, 0.1) is 6.61 Å². The molecular weight excluding hydrogens is 228 g/mol. The monoisotopic (exact) mass is 256 g/mol. The molecule has 1 rings (SSSR count). The third kappa shape index (κ3) is 5.36. The van der Waals surface area contributed by atoms with Crippen LogP contribution in [0.3, 0.4) is 0 Å². The maximum absolute atomic E-state index is 11.7. The van der Waals surface area contributed by atoms with Crippen molar-refractivity contribution >= 4 is 5.97 Å². The lowest BCUT2D eigenvalue weighted by molar-refractivity contribution is -0.145. The number of nitrogens with one attached hydrogen (secondary N) is 1. The van der Waals surface area contributed by atoms with Crippen molar-refractivity contribution in [2.45, 2.75) is 45.6 Å². The van der Waals surface area contributed by atoms with Gasteiger partial charge >= 0.3 is 5.97 Å². The summed E-state index contributed by atoms with van der Waals surface area (Å²) < 4.78 is 5.08. The van der Waals surface area contributed by atoms with Crippen LogP contribution in [0.25, 0.3) is 0 Å². The molecule has 1 aliphatic rings. The molecule has 0 aromatic rings. The summed E-state index contributed by atoms with van der Waals surface area (Å²) in [5, 5.41) is 3.20. The highest BCUT2D eigenvalue weighted by atomic mass is 16.5. The summed E-state index contributed by atoms with van der Waals surface area (Å²) in [6, 6.07) is -0.154. The van der Waals surface area contributed by atoms with E-state index in [-0.39, 0.29) is 12.0 Å². The van der Waals surface area contributed by atoms with Crippen LogP contribution in [0, 0.1) is 5.92 Å². The van der Waals surface area contributed by atoms with Gasteiger partial charge < -0.3 is 15.0 Å². The number of rotatable bonds is 9. The summed E-state index contributed by atoms with van der Waals surface area (Å²) >= 11 is 0. The van der Waals surface area contributed by atoms with Crippen molar-refractivity contribution in [3.8, 4) is 0 Å². The predicted octanol–water partition coefficient (Wildman–Crippen LogP) is 1.65. The van der Waals surface area contributed by atoms with Crippen molar-refractivity contribution in [2.24, 2.45) is 5.92 Å². The maximum atomic E-state index is 11.7. The fraction of sp³-hybridized carbons (Fsp3) is 0.929. The van der Waals surface area contributed by atoms with Gasteiger partial charge in [0.15, 0.2) is 0 Å². The molecule has 18 heavy (non-hydrogen) atoms. The summed E-state index contributed by atoms with van der Waals surface area (Å²) in [4.78, 5) is 14.1. The Kier molecular flexibility index (Phi) is 7.28.